The fourth-order valence-electron chi connectivity index (χ4n) is 2.94. The zero-order valence-electron chi connectivity index (χ0n) is 15.1. The molecule has 0 fully saturated rings. The highest BCUT2D eigenvalue weighted by Crippen LogP contribution is 2.16. The van der Waals surface area contributed by atoms with E-state index in [2.05, 4.69) is 15.3 Å². The zero-order valence-corrected chi connectivity index (χ0v) is 15.1. The number of nitrogens with one attached hydrogen (secondary N) is 1. The summed E-state index contributed by atoms with van der Waals surface area (Å²) in [6, 6.07) is 9.23. The van der Waals surface area contributed by atoms with Crippen LogP contribution in [0.4, 0.5) is 0 Å². The molecule has 2 atom stereocenters. The van der Waals surface area contributed by atoms with E-state index < -0.39 is 12.1 Å². The summed E-state index contributed by atoms with van der Waals surface area (Å²) < 4.78 is 0. The topological polar surface area (TPSA) is 94.4 Å². The third-order valence-electron chi connectivity index (χ3n) is 4.53. The van der Waals surface area contributed by atoms with Crippen LogP contribution in [0.2, 0.25) is 0 Å². The number of nitrogens with zero attached hydrogens (tertiary/aromatic N) is 3. The summed E-state index contributed by atoms with van der Waals surface area (Å²) in [6.45, 7) is 0.367. The maximum Gasteiger partial charge on any atom is 0.271 e. The predicted octanol–water partition coefficient (Wildman–Crippen LogP) is 1.06. The van der Waals surface area contributed by atoms with E-state index in [-0.39, 0.29) is 18.0 Å². The van der Waals surface area contributed by atoms with Crippen LogP contribution < -0.4 is 5.32 Å². The van der Waals surface area contributed by atoms with E-state index in [0.29, 0.717) is 12.8 Å². The maximum atomic E-state index is 12.6. The summed E-state index contributed by atoms with van der Waals surface area (Å²) in [5, 5.41) is 12.9. The minimum absolute atomic E-state index is 0.117. The van der Waals surface area contributed by atoms with Crippen LogP contribution in [0, 0.1) is 0 Å². The summed E-state index contributed by atoms with van der Waals surface area (Å²) in [7, 11) is 1.54. The molecule has 2 unspecified atom stereocenters. The molecule has 140 valence electrons. The molecule has 2 aliphatic heterocycles. The van der Waals surface area contributed by atoms with Gasteiger partial charge in [0.15, 0.2) is 0 Å². The smallest absolute Gasteiger partial charge is 0.271 e. The molecule has 1 aromatic rings. The monoisotopic (exact) mass is 366 g/mol. The van der Waals surface area contributed by atoms with Crippen molar-refractivity contribution in [2.45, 2.75) is 25.0 Å². The van der Waals surface area contributed by atoms with E-state index in [4.69, 9.17) is 0 Å². The Morgan fingerprint density at radius 1 is 1.33 bits per heavy atom. The highest BCUT2D eigenvalue weighted by atomic mass is 16.3. The van der Waals surface area contributed by atoms with Crippen LogP contribution in [0.15, 0.2) is 64.0 Å². The first kappa shape index (κ1) is 18.7. The van der Waals surface area contributed by atoms with E-state index in [1.54, 1.807) is 0 Å². The summed E-state index contributed by atoms with van der Waals surface area (Å²) in [6.07, 6.45) is 5.34. The van der Waals surface area contributed by atoms with E-state index in [0.717, 1.165) is 23.4 Å². The molecule has 3 rings (SSSR count). The number of rotatable bonds is 5. The number of likely N-dealkylation sites (N-methyl/N-ethyl adjacent to an activating group) is 1. The summed E-state index contributed by atoms with van der Waals surface area (Å²) in [5.74, 6) is -0.357. The summed E-state index contributed by atoms with van der Waals surface area (Å²) >= 11 is 0. The standard InChI is InChI=1S/C20H22N4O3/c1-24-16(13-25)9-17(26)11-21-12-19(20(24)27)22-10-15-7-8-18(23-15)14-5-3-2-4-6-14/h2-7,11-13,16-17,22,26H,8-10H2,1H3/b19-12+,21-11?. The number of aliphatic hydroxyl groups excluding tert-OH is 1. The Labute approximate surface area is 157 Å². The molecular formula is C20H22N4O3. The molecular weight excluding hydrogens is 344 g/mol. The van der Waals surface area contributed by atoms with Crippen LogP contribution in [0.25, 0.3) is 0 Å². The van der Waals surface area contributed by atoms with E-state index in [1.165, 1.54) is 24.4 Å². The molecule has 27 heavy (non-hydrogen) atoms. The minimum Gasteiger partial charge on any atom is -0.387 e. The van der Waals surface area contributed by atoms with Gasteiger partial charge >= 0.3 is 0 Å². The van der Waals surface area contributed by atoms with E-state index >= 15 is 0 Å². The number of hydrogen-bond acceptors (Lipinski definition) is 6. The third-order valence-corrected chi connectivity index (χ3v) is 4.53. The molecule has 0 saturated carbocycles. The van der Waals surface area contributed by atoms with Crippen LogP contribution in [0.1, 0.15) is 18.4 Å². The number of allylic oxidation sites excluding steroid dienone is 1. The normalized spacial score (nSPS) is 24.9. The second kappa shape index (κ2) is 8.55. The molecule has 7 heteroatoms. The van der Waals surface area contributed by atoms with Gasteiger partial charge in [-0.05, 0) is 5.56 Å². The molecule has 7 nitrogen and oxygen atoms in total. The number of benzene rings is 1. The van der Waals surface area contributed by atoms with Gasteiger partial charge in [0.25, 0.3) is 5.91 Å². The zero-order chi connectivity index (χ0) is 19.2. The van der Waals surface area contributed by atoms with Gasteiger partial charge in [-0.2, -0.15) is 0 Å². The van der Waals surface area contributed by atoms with Crippen molar-refractivity contribution in [1.82, 2.24) is 10.2 Å². The van der Waals surface area contributed by atoms with Crippen LogP contribution in [0.3, 0.4) is 0 Å². The average Bonchev–Trinajstić information content (AvgIpc) is 3.17. The predicted molar refractivity (Wildman–Crippen MR) is 104 cm³/mol. The average molecular weight is 366 g/mol. The number of aliphatic hydroxyl groups is 1. The SMILES string of the molecule is CN1C(=O)/C(NCC2=CCC(c3ccccc3)=N2)=C\N=CC(O)CC1C=O. The molecule has 2 heterocycles. The first-order valence-corrected chi connectivity index (χ1v) is 8.78. The number of aliphatic imine (C=N–C) groups is 2. The van der Waals surface area contributed by atoms with Crippen molar-refractivity contribution in [2.75, 3.05) is 13.6 Å². The molecule has 0 spiro atoms. The number of aldehydes is 1. The van der Waals surface area contributed by atoms with Gasteiger partial charge in [-0.1, -0.05) is 36.4 Å². The first-order chi connectivity index (χ1) is 13.1. The fraction of sp³-hybridized carbons (Fsp3) is 0.300. The van der Waals surface area contributed by atoms with Gasteiger partial charge in [0.05, 0.1) is 36.3 Å². The Balaban J connectivity index is 1.69. The van der Waals surface area contributed by atoms with Crippen molar-refractivity contribution in [3.63, 3.8) is 0 Å². The van der Waals surface area contributed by atoms with Crippen molar-refractivity contribution >= 4 is 24.1 Å². The lowest BCUT2D eigenvalue weighted by Crippen LogP contribution is -2.43. The number of carbonyl (C=O) groups excluding carboxylic acids is 2. The molecule has 2 N–H and O–H groups in total. The summed E-state index contributed by atoms with van der Waals surface area (Å²) in [5.41, 5.74) is 3.15. The molecule has 0 aliphatic carbocycles. The van der Waals surface area contributed by atoms with Crippen LogP contribution in [-0.4, -0.2) is 59.9 Å². The van der Waals surface area contributed by atoms with Crippen molar-refractivity contribution in [1.29, 1.82) is 0 Å². The molecule has 0 bridgehead atoms. The first-order valence-electron chi connectivity index (χ1n) is 8.78. The Bertz CT molecular complexity index is 827. The molecule has 1 aromatic carbocycles. The maximum absolute atomic E-state index is 12.6. The van der Waals surface area contributed by atoms with E-state index in [9.17, 15) is 14.7 Å². The third kappa shape index (κ3) is 4.57. The van der Waals surface area contributed by atoms with Gasteiger partial charge < -0.3 is 20.1 Å². The van der Waals surface area contributed by atoms with Gasteiger partial charge in [0, 0.05) is 26.1 Å². The molecule has 0 aromatic heterocycles. The lowest BCUT2D eigenvalue weighted by atomic mass is 10.1. The Morgan fingerprint density at radius 3 is 2.85 bits per heavy atom. The minimum atomic E-state index is -0.887. The van der Waals surface area contributed by atoms with Crippen molar-refractivity contribution in [3.05, 3.63) is 59.6 Å². The molecule has 1 amide bonds. The van der Waals surface area contributed by atoms with Gasteiger partial charge in [0.1, 0.15) is 12.0 Å². The van der Waals surface area contributed by atoms with Gasteiger partial charge in [-0.25, -0.2) is 0 Å². The van der Waals surface area contributed by atoms with Gasteiger partial charge in [0.2, 0.25) is 0 Å². The quantitative estimate of drug-likeness (QED) is 0.762. The van der Waals surface area contributed by atoms with Crippen LogP contribution in [0.5, 0.6) is 0 Å². The largest absolute Gasteiger partial charge is 0.387 e. The van der Waals surface area contributed by atoms with Crippen molar-refractivity contribution in [2.24, 2.45) is 9.98 Å². The lowest BCUT2D eigenvalue weighted by Gasteiger charge is -2.25. The molecule has 0 radical (unpaired) electrons. The highest BCUT2D eigenvalue weighted by molar-refractivity contribution is 6.03. The fourth-order valence-corrected chi connectivity index (χ4v) is 2.94. The second-order valence-corrected chi connectivity index (χ2v) is 6.44. The molecule has 2 aliphatic rings. The van der Waals surface area contributed by atoms with Crippen molar-refractivity contribution in [3.8, 4) is 0 Å². The summed E-state index contributed by atoms with van der Waals surface area (Å²) in [4.78, 5) is 33.8. The number of carbonyl (C=O) groups is 2. The van der Waals surface area contributed by atoms with E-state index in [1.807, 2.05) is 36.4 Å². The Kier molecular flexibility index (Phi) is 5.93. The number of hydrogen-bond donors (Lipinski definition) is 2. The van der Waals surface area contributed by atoms with Crippen LogP contribution in [-0.2, 0) is 9.59 Å². The Hall–Kier alpha value is -3.06. The second-order valence-electron chi connectivity index (χ2n) is 6.44. The molecule has 0 saturated heterocycles. The van der Waals surface area contributed by atoms with Crippen molar-refractivity contribution < 1.29 is 14.7 Å². The highest BCUT2D eigenvalue weighted by Gasteiger charge is 2.25. The lowest BCUT2D eigenvalue weighted by molar-refractivity contribution is -0.132. The van der Waals surface area contributed by atoms with Gasteiger partial charge in [-0.15, -0.1) is 0 Å². The number of amides is 1. The van der Waals surface area contributed by atoms with Gasteiger partial charge in [-0.3, -0.25) is 14.8 Å². The van der Waals surface area contributed by atoms with Crippen LogP contribution >= 0.6 is 0 Å². The Morgan fingerprint density at radius 2 is 2.11 bits per heavy atom.